The number of benzene rings is 3. The van der Waals surface area contributed by atoms with Crippen molar-refractivity contribution < 1.29 is 39.1 Å². The molecule has 43 heavy (non-hydrogen) atoms. The maximum atomic E-state index is 14.0. The van der Waals surface area contributed by atoms with Gasteiger partial charge in [0.1, 0.15) is 0 Å². The molecule has 1 amide bonds. The summed E-state index contributed by atoms with van der Waals surface area (Å²) in [6.45, 7) is 0. The number of halogens is 1. The number of nitrogens with one attached hydrogen (secondary N) is 1. The van der Waals surface area contributed by atoms with Crippen molar-refractivity contribution in [2.24, 2.45) is 0 Å². The highest BCUT2D eigenvalue weighted by atomic mass is 19.1. The third kappa shape index (κ3) is 7.10. The third-order valence-electron chi connectivity index (χ3n) is 7.36. The van der Waals surface area contributed by atoms with Crippen LogP contribution >= 0.6 is 0 Å². The van der Waals surface area contributed by atoms with Crippen molar-refractivity contribution in [3.8, 4) is 34.1 Å². The second-order valence-corrected chi connectivity index (χ2v) is 10.4. The number of carbonyl (C=O) groups is 2. The van der Waals surface area contributed by atoms with Gasteiger partial charge >= 0.3 is 5.97 Å². The summed E-state index contributed by atoms with van der Waals surface area (Å²) in [5.41, 5.74) is 3.10. The minimum absolute atomic E-state index is 0.0538. The summed E-state index contributed by atoms with van der Waals surface area (Å²) in [5, 5.41) is 41.6. The molecule has 1 aliphatic carbocycles. The molecule has 0 radical (unpaired) electrons. The zero-order valence-corrected chi connectivity index (χ0v) is 22.9. The van der Waals surface area contributed by atoms with Gasteiger partial charge < -0.3 is 30.5 Å². The topological polar surface area (TPSA) is 149 Å². The highest BCUT2D eigenvalue weighted by Gasteiger charge is 2.34. The standard InChI is InChI=1S/C33H29FN2O7/c34-32-25(2-1-13-35-32)22-8-6-21(7-9-22)23-17-24(18-23)36-33(42)30(16-20-4-11-27(38)29(40)15-20)43-31(41)12-5-19-3-10-26(37)28(39)14-19/h1-15,23-24,30,37-40H,16-18H2,(H,36,42)/b12-5+/t23?,24?,30-/m1/s1. The van der Waals surface area contributed by atoms with Crippen LogP contribution in [0.2, 0.25) is 0 Å². The quantitative estimate of drug-likeness (QED) is 0.0804. The summed E-state index contributed by atoms with van der Waals surface area (Å²) >= 11 is 0. The first-order valence-corrected chi connectivity index (χ1v) is 13.6. The van der Waals surface area contributed by atoms with E-state index in [4.69, 9.17) is 4.74 Å². The van der Waals surface area contributed by atoms with Gasteiger partial charge in [-0.3, -0.25) is 4.79 Å². The van der Waals surface area contributed by atoms with Gasteiger partial charge in [0.25, 0.3) is 5.91 Å². The molecule has 0 spiro atoms. The molecule has 0 unspecified atom stereocenters. The first-order valence-electron chi connectivity index (χ1n) is 13.6. The van der Waals surface area contributed by atoms with Crippen LogP contribution < -0.4 is 5.32 Å². The Morgan fingerprint density at radius 1 is 0.930 bits per heavy atom. The Balaban J connectivity index is 1.22. The van der Waals surface area contributed by atoms with Gasteiger partial charge in [-0.2, -0.15) is 4.39 Å². The minimum Gasteiger partial charge on any atom is -0.504 e. The number of rotatable bonds is 9. The molecular weight excluding hydrogens is 555 g/mol. The van der Waals surface area contributed by atoms with Gasteiger partial charge in [0.2, 0.25) is 5.95 Å². The Kier molecular flexibility index (Phi) is 8.56. The van der Waals surface area contributed by atoms with Crippen LogP contribution in [-0.4, -0.2) is 49.4 Å². The van der Waals surface area contributed by atoms with Crippen LogP contribution in [0.3, 0.4) is 0 Å². The van der Waals surface area contributed by atoms with Crippen LogP contribution in [0.5, 0.6) is 23.0 Å². The van der Waals surface area contributed by atoms with Crippen molar-refractivity contribution in [2.45, 2.75) is 37.3 Å². The fourth-order valence-corrected chi connectivity index (χ4v) is 4.92. The number of hydrogen-bond donors (Lipinski definition) is 5. The van der Waals surface area contributed by atoms with E-state index in [1.807, 2.05) is 24.3 Å². The Labute approximate surface area is 246 Å². The fourth-order valence-electron chi connectivity index (χ4n) is 4.92. The van der Waals surface area contributed by atoms with E-state index in [0.717, 1.165) is 17.2 Å². The maximum absolute atomic E-state index is 14.0. The molecule has 1 aliphatic rings. The zero-order chi connectivity index (χ0) is 30.5. The van der Waals surface area contributed by atoms with E-state index < -0.39 is 23.9 Å². The lowest BCUT2D eigenvalue weighted by Crippen LogP contribution is -2.48. The van der Waals surface area contributed by atoms with Gasteiger partial charge in [-0.25, -0.2) is 9.78 Å². The number of ether oxygens (including phenoxy) is 1. The molecule has 1 fully saturated rings. The number of phenols is 4. The van der Waals surface area contributed by atoms with Crippen LogP contribution in [0.15, 0.2) is 85.1 Å². The predicted molar refractivity (Wildman–Crippen MR) is 156 cm³/mol. The molecule has 0 saturated heterocycles. The Bertz CT molecular complexity index is 1670. The molecule has 5 rings (SSSR count). The fraction of sp³-hybridized carbons (Fsp3) is 0.182. The van der Waals surface area contributed by atoms with Gasteiger partial charge in [0.05, 0.1) is 0 Å². The van der Waals surface area contributed by atoms with E-state index in [0.29, 0.717) is 29.5 Å². The van der Waals surface area contributed by atoms with Gasteiger partial charge in [0.15, 0.2) is 29.1 Å². The number of esters is 1. The van der Waals surface area contributed by atoms with Crippen LogP contribution in [0.4, 0.5) is 4.39 Å². The zero-order valence-electron chi connectivity index (χ0n) is 22.9. The lowest BCUT2D eigenvalue weighted by molar-refractivity contribution is -0.151. The lowest BCUT2D eigenvalue weighted by atomic mass is 9.75. The van der Waals surface area contributed by atoms with E-state index in [1.165, 1.54) is 48.7 Å². The summed E-state index contributed by atoms with van der Waals surface area (Å²) in [6, 6.07) is 18.9. The summed E-state index contributed by atoms with van der Waals surface area (Å²) in [4.78, 5) is 29.6. The van der Waals surface area contributed by atoms with Gasteiger partial charge in [-0.05, 0) is 83.5 Å². The van der Waals surface area contributed by atoms with Gasteiger partial charge in [-0.15, -0.1) is 0 Å². The monoisotopic (exact) mass is 584 g/mol. The first-order chi connectivity index (χ1) is 20.7. The molecule has 1 atom stereocenters. The molecule has 9 nitrogen and oxygen atoms in total. The Morgan fingerprint density at radius 2 is 1.63 bits per heavy atom. The molecule has 0 aliphatic heterocycles. The van der Waals surface area contributed by atoms with E-state index >= 15 is 0 Å². The van der Waals surface area contributed by atoms with E-state index in [1.54, 1.807) is 12.1 Å². The summed E-state index contributed by atoms with van der Waals surface area (Å²) in [5.74, 6) is -3.00. The van der Waals surface area contributed by atoms with E-state index in [2.05, 4.69) is 10.3 Å². The molecule has 1 saturated carbocycles. The van der Waals surface area contributed by atoms with Crippen molar-refractivity contribution in [1.82, 2.24) is 10.3 Å². The van der Waals surface area contributed by atoms with Crippen molar-refractivity contribution in [2.75, 3.05) is 0 Å². The molecule has 10 heteroatoms. The molecular formula is C33H29FN2O7. The smallest absolute Gasteiger partial charge is 0.331 e. The van der Waals surface area contributed by atoms with Gasteiger partial charge in [0, 0.05) is 30.3 Å². The second kappa shape index (κ2) is 12.6. The van der Waals surface area contributed by atoms with Crippen LogP contribution in [0.25, 0.3) is 17.2 Å². The lowest BCUT2D eigenvalue weighted by Gasteiger charge is -2.37. The van der Waals surface area contributed by atoms with Crippen molar-refractivity contribution in [3.63, 3.8) is 0 Å². The van der Waals surface area contributed by atoms with Gasteiger partial charge in [-0.1, -0.05) is 36.4 Å². The molecule has 1 heterocycles. The number of aromatic hydroxyl groups is 4. The number of nitrogens with zero attached hydrogens (tertiary/aromatic N) is 1. The van der Waals surface area contributed by atoms with Crippen LogP contribution in [0, 0.1) is 5.95 Å². The molecule has 5 N–H and O–H groups in total. The Hall–Kier alpha value is -5.38. The van der Waals surface area contributed by atoms with Crippen LogP contribution in [0.1, 0.15) is 35.4 Å². The summed E-state index contributed by atoms with van der Waals surface area (Å²) < 4.78 is 19.5. The second-order valence-electron chi connectivity index (χ2n) is 10.4. The van der Waals surface area contributed by atoms with Crippen molar-refractivity contribution in [1.29, 1.82) is 0 Å². The predicted octanol–water partition coefficient (Wildman–Crippen LogP) is 4.94. The molecule has 220 valence electrons. The highest BCUT2D eigenvalue weighted by Crippen LogP contribution is 2.38. The first kappa shape index (κ1) is 29.1. The number of amides is 1. The number of carbonyl (C=O) groups excluding carboxylic acids is 2. The number of hydrogen-bond acceptors (Lipinski definition) is 8. The number of phenolic OH excluding ortho intramolecular Hbond substituents is 4. The molecule has 0 bridgehead atoms. The largest absolute Gasteiger partial charge is 0.504 e. The summed E-state index contributed by atoms with van der Waals surface area (Å²) in [7, 11) is 0. The average molecular weight is 585 g/mol. The third-order valence-corrected chi connectivity index (χ3v) is 7.36. The van der Waals surface area contributed by atoms with E-state index in [-0.39, 0.29) is 41.4 Å². The Morgan fingerprint density at radius 3 is 2.30 bits per heavy atom. The average Bonchev–Trinajstić information content (AvgIpc) is 2.97. The van der Waals surface area contributed by atoms with Crippen molar-refractivity contribution in [3.05, 3.63) is 108 Å². The summed E-state index contributed by atoms with van der Waals surface area (Å²) in [6.07, 6.45) is 3.91. The maximum Gasteiger partial charge on any atom is 0.331 e. The molecule has 4 aromatic rings. The van der Waals surface area contributed by atoms with Crippen molar-refractivity contribution >= 4 is 18.0 Å². The SMILES string of the molecule is O=C(/C=C/c1ccc(O)c(O)c1)O[C@H](Cc1ccc(O)c(O)c1)C(=O)NC1CC(c2ccc(-c3cccnc3F)cc2)C1. The molecule has 3 aromatic carbocycles. The highest BCUT2D eigenvalue weighted by molar-refractivity contribution is 5.90. The molecule has 1 aromatic heterocycles. The number of pyridine rings is 1. The normalized spacial score (nSPS) is 16.8. The number of aromatic nitrogens is 1. The van der Waals surface area contributed by atoms with E-state index in [9.17, 15) is 34.4 Å². The minimum atomic E-state index is -1.23. The van der Waals surface area contributed by atoms with Crippen LogP contribution in [-0.2, 0) is 20.7 Å².